The van der Waals surface area contributed by atoms with E-state index in [0.29, 0.717) is 5.69 Å². The van der Waals surface area contributed by atoms with Crippen molar-refractivity contribution in [3.8, 4) is 0 Å². The molecule has 1 aromatic rings. The lowest BCUT2D eigenvalue weighted by atomic mass is 10.1. The van der Waals surface area contributed by atoms with Crippen LogP contribution in [0.3, 0.4) is 0 Å². The molecule has 0 atom stereocenters. The Balaban J connectivity index is 2.41. The molecule has 0 aliphatic carbocycles. The van der Waals surface area contributed by atoms with E-state index < -0.39 is 17.2 Å². The number of hydrogen-bond donors (Lipinski definition) is 3. The third-order valence-electron chi connectivity index (χ3n) is 2.56. The van der Waals surface area contributed by atoms with Gasteiger partial charge in [0.05, 0.1) is 5.54 Å². The number of nitrogens with one attached hydrogen (secondary N) is 3. The molecule has 6 heteroatoms. The molecule has 0 saturated heterocycles. The average molecular weight is 307 g/mol. The zero-order valence-electron chi connectivity index (χ0n) is 13.8. The van der Waals surface area contributed by atoms with Gasteiger partial charge in [-0.15, -0.1) is 0 Å². The number of urea groups is 1. The summed E-state index contributed by atoms with van der Waals surface area (Å²) >= 11 is 0. The summed E-state index contributed by atoms with van der Waals surface area (Å²) in [5.41, 5.74) is -0.479. The quantitative estimate of drug-likeness (QED) is 0.799. The molecule has 0 aliphatic rings. The van der Waals surface area contributed by atoms with E-state index in [1.54, 1.807) is 46.8 Å². The van der Waals surface area contributed by atoms with Crippen LogP contribution in [0.2, 0.25) is 0 Å². The Hall–Kier alpha value is -2.24. The maximum absolute atomic E-state index is 11.8. The molecule has 6 nitrogen and oxygen atoms in total. The van der Waals surface area contributed by atoms with Crippen molar-refractivity contribution in [3.63, 3.8) is 0 Å². The Morgan fingerprint density at radius 1 is 1.05 bits per heavy atom. The molecule has 0 unspecified atom stereocenters. The number of carbonyl (C=O) groups excluding carboxylic acids is 2. The molecule has 3 amide bonds. The highest BCUT2D eigenvalue weighted by atomic mass is 16.6. The summed E-state index contributed by atoms with van der Waals surface area (Å²) in [6, 6.07) is 8.81. The van der Waals surface area contributed by atoms with Gasteiger partial charge in [-0.05, 0) is 46.8 Å². The Morgan fingerprint density at radius 3 is 2.18 bits per heavy atom. The highest BCUT2D eigenvalue weighted by Gasteiger charge is 2.25. The molecule has 22 heavy (non-hydrogen) atoms. The summed E-state index contributed by atoms with van der Waals surface area (Å²) in [5.74, 6) is 0. The Labute approximate surface area is 131 Å². The molecule has 0 bridgehead atoms. The fourth-order valence-corrected chi connectivity index (χ4v) is 1.62. The Morgan fingerprint density at radius 2 is 1.64 bits per heavy atom. The summed E-state index contributed by atoms with van der Waals surface area (Å²) in [6.07, 6.45) is -0.511. The zero-order chi connectivity index (χ0) is 16.8. The molecule has 1 rings (SSSR count). The van der Waals surface area contributed by atoms with Gasteiger partial charge in [0.1, 0.15) is 5.60 Å². The predicted molar refractivity (Wildman–Crippen MR) is 86.9 cm³/mol. The first-order valence-corrected chi connectivity index (χ1v) is 7.18. The van der Waals surface area contributed by atoms with Crippen LogP contribution in [0.1, 0.15) is 34.6 Å². The van der Waals surface area contributed by atoms with Gasteiger partial charge in [-0.1, -0.05) is 18.2 Å². The zero-order valence-corrected chi connectivity index (χ0v) is 13.8. The van der Waals surface area contributed by atoms with Crippen LogP contribution in [-0.2, 0) is 4.74 Å². The van der Waals surface area contributed by atoms with Crippen molar-refractivity contribution >= 4 is 17.8 Å². The Bertz CT molecular complexity index is 507. The fourth-order valence-electron chi connectivity index (χ4n) is 1.62. The molecule has 0 heterocycles. The van der Waals surface area contributed by atoms with Crippen molar-refractivity contribution in [2.24, 2.45) is 0 Å². The first-order valence-electron chi connectivity index (χ1n) is 7.18. The van der Waals surface area contributed by atoms with Crippen molar-refractivity contribution < 1.29 is 14.3 Å². The second kappa shape index (κ2) is 7.15. The second-order valence-electron chi connectivity index (χ2n) is 6.68. The van der Waals surface area contributed by atoms with Crippen LogP contribution in [0.25, 0.3) is 0 Å². The number of anilines is 1. The predicted octanol–water partition coefficient (Wildman–Crippen LogP) is 3.11. The number of para-hydroxylation sites is 1. The number of ether oxygens (including phenoxy) is 1. The van der Waals surface area contributed by atoms with Crippen LogP contribution in [0.15, 0.2) is 30.3 Å². The van der Waals surface area contributed by atoms with E-state index in [1.165, 1.54) is 0 Å². The van der Waals surface area contributed by atoms with Crippen LogP contribution in [0.5, 0.6) is 0 Å². The summed E-state index contributed by atoms with van der Waals surface area (Å²) in [7, 11) is 0. The maximum Gasteiger partial charge on any atom is 0.408 e. The van der Waals surface area contributed by atoms with Gasteiger partial charge in [0.25, 0.3) is 0 Å². The SMILES string of the molecule is CC(C)(CNC(=O)Nc1ccccc1)NC(=O)OC(C)(C)C. The van der Waals surface area contributed by atoms with Crippen LogP contribution in [0.4, 0.5) is 15.3 Å². The Kier molecular flexibility index (Phi) is 5.79. The monoisotopic (exact) mass is 307 g/mol. The van der Waals surface area contributed by atoms with E-state index in [4.69, 9.17) is 4.74 Å². The van der Waals surface area contributed by atoms with E-state index >= 15 is 0 Å². The van der Waals surface area contributed by atoms with Crippen molar-refractivity contribution in [2.75, 3.05) is 11.9 Å². The number of carbonyl (C=O) groups is 2. The molecule has 0 radical (unpaired) electrons. The van der Waals surface area contributed by atoms with Gasteiger partial charge in [-0.25, -0.2) is 9.59 Å². The highest BCUT2D eigenvalue weighted by Crippen LogP contribution is 2.09. The van der Waals surface area contributed by atoms with Gasteiger partial charge in [0.2, 0.25) is 0 Å². The first kappa shape index (κ1) is 17.8. The van der Waals surface area contributed by atoms with E-state index in [1.807, 2.05) is 18.2 Å². The molecule has 1 aromatic carbocycles. The second-order valence-corrected chi connectivity index (χ2v) is 6.68. The molecule has 0 saturated carbocycles. The van der Waals surface area contributed by atoms with Crippen LogP contribution in [0, 0.1) is 0 Å². The molecule has 0 aromatic heterocycles. The number of alkyl carbamates (subject to hydrolysis) is 1. The molecule has 0 spiro atoms. The first-order chi connectivity index (χ1) is 10.1. The standard InChI is InChI=1S/C16H25N3O3/c1-15(2,3)22-14(21)19-16(4,5)11-17-13(20)18-12-9-7-6-8-10-12/h6-10H,11H2,1-5H3,(H,19,21)(H2,17,18,20). The van der Waals surface area contributed by atoms with E-state index in [9.17, 15) is 9.59 Å². The van der Waals surface area contributed by atoms with Crippen LogP contribution in [-0.4, -0.2) is 29.8 Å². The van der Waals surface area contributed by atoms with Gasteiger partial charge < -0.3 is 20.7 Å². The van der Waals surface area contributed by atoms with E-state index in [0.717, 1.165) is 0 Å². The minimum Gasteiger partial charge on any atom is -0.444 e. The lowest BCUT2D eigenvalue weighted by molar-refractivity contribution is 0.0473. The van der Waals surface area contributed by atoms with Gasteiger partial charge in [0, 0.05) is 12.2 Å². The van der Waals surface area contributed by atoms with Crippen molar-refractivity contribution in [3.05, 3.63) is 30.3 Å². The summed E-state index contributed by atoms with van der Waals surface area (Å²) in [4.78, 5) is 23.6. The lowest BCUT2D eigenvalue weighted by Crippen LogP contribution is -2.53. The number of amides is 3. The third kappa shape index (κ3) is 7.52. The van der Waals surface area contributed by atoms with Gasteiger partial charge >= 0.3 is 12.1 Å². The normalized spacial score (nSPS) is 11.5. The maximum atomic E-state index is 11.8. The summed E-state index contributed by atoms with van der Waals surface area (Å²) < 4.78 is 5.20. The molecule has 0 fully saturated rings. The largest absolute Gasteiger partial charge is 0.444 e. The van der Waals surface area contributed by atoms with E-state index in [2.05, 4.69) is 16.0 Å². The molecular formula is C16H25N3O3. The van der Waals surface area contributed by atoms with Gasteiger partial charge in [-0.3, -0.25) is 0 Å². The van der Waals surface area contributed by atoms with Crippen molar-refractivity contribution in [1.29, 1.82) is 0 Å². The number of rotatable bonds is 4. The average Bonchev–Trinajstić information content (AvgIpc) is 2.34. The minimum absolute atomic E-state index is 0.269. The molecule has 3 N–H and O–H groups in total. The van der Waals surface area contributed by atoms with Crippen LogP contribution < -0.4 is 16.0 Å². The van der Waals surface area contributed by atoms with Crippen molar-refractivity contribution in [1.82, 2.24) is 10.6 Å². The fraction of sp³-hybridized carbons (Fsp3) is 0.500. The number of benzene rings is 1. The smallest absolute Gasteiger partial charge is 0.408 e. The molecule has 0 aliphatic heterocycles. The van der Waals surface area contributed by atoms with Gasteiger partial charge in [0.15, 0.2) is 0 Å². The topological polar surface area (TPSA) is 79.5 Å². The van der Waals surface area contributed by atoms with E-state index in [-0.39, 0.29) is 12.6 Å². The van der Waals surface area contributed by atoms with Crippen LogP contribution >= 0.6 is 0 Å². The number of hydrogen-bond acceptors (Lipinski definition) is 3. The lowest BCUT2D eigenvalue weighted by Gasteiger charge is -2.28. The minimum atomic E-state index is -0.629. The highest BCUT2D eigenvalue weighted by molar-refractivity contribution is 5.89. The summed E-state index contributed by atoms with van der Waals surface area (Å²) in [5, 5.41) is 8.16. The molecule has 122 valence electrons. The molecular weight excluding hydrogens is 282 g/mol. The van der Waals surface area contributed by atoms with Gasteiger partial charge in [-0.2, -0.15) is 0 Å². The third-order valence-corrected chi connectivity index (χ3v) is 2.56. The summed E-state index contributed by atoms with van der Waals surface area (Å²) in [6.45, 7) is 9.27. The van der Waals surface area contributed by atoms with Crippen molar-refractivity contribution in [2.45, 2.75) is 45.8 Å².